The Balaban J connectivity index is 2.28. The molecule has 2 unspecified atom stereocenters. The van der Waals surface area contributed by atoms with E-state index in [2.05, 4.69) is 17.6 Å². The summed E-state index contributed by atoms with van der Waals surface area (Å²) < 4.78 is 0. The second-order valence-electron chi connectivity index (χ2n) is 5.27. The Morgan fingerprint density at radius 3 is 2.94 bits per heavy atom. The Morgan fingerprint density at radius 2 is 2.22 bits per heavy atom. The second kappa shape index (κ2) is 9.34. The number of amides is 1. The van der Waals surface area contributed by atoms with Crippen LogP contribution < -0.4 is 10.6 Å². The van der Waals surface area contributed by atoms with Crippen LogP contribution in [-0.4, -0.2) is 36.8 Å². The molecule has 18 heavy (non-hydrogen) atoms. The third-order valence-electron chi connectivity index (χ3n) is 3.68. The maximum Gasteiger partial charge on any atom is 0.237 e. The number of hydrogen-bond acceptors (Lipinski definition) is 3. The topological polar surface area (TPSA) is 61.4 Å². The molecule has 0 radical (unpaired) electrons. The average molecular weight is 256 g/mol. The molecule has 4 heteroatoms. The molecule has 3 N–H and O–H groups in total. The first kappa shape index (κ1) is 15.4. The third kappa shape index (κ3) is 5.83. The highest BCUT2D eigenvalue weighted by Gasteiger charge is 2.19. The molecule has 0 spiro atoms. The Bertz CT molecular complexity index is 220. The van der Waals surface area contributed by atoms with Crippen molar-refractivity contribution in [1.29, 1.82) is 0 Å². The first-order valence-corrected chi connectivity index (χ1v) is 7.39. The van der Waals surface area contributed by atoms with Crippen LogP contribution in [0.3, 0.4) is 0 Å². The van der Waals surface area contributed by atoms with Crippen LogP contribution in [0.2, 0.25) is 0 Å². The lowest BCUT2D eigenvalue weighted by Crippen LogP contribution is -2.45. The van der Waals surface area contributed by atoms with Crippen molar-refractivity contribution in [3.05, 3.63) is 0 Å². The van der Waals surface area contributed by atoms with Crippen molar-refractivity contribution in [2.45, 2.75) is 57.9 Å². The molecule has 0 saturated carbocycles. The minimum Gasteiger partial charge on any atom is -0.396 e. The summed E-state index contributed by atoms with van der Waals surface area (Å²) >= 11 is 0. The van der Waals surface area contributed by atoms with Crippen LogP contribution in [0.1, 0.15) is 51.9 Å². The molecule has 0 aromatic rings. The Kier molecular flexibility index (Phi) is 8.01. The summed E-state index contributed by atoms with van der Waals surface area (Å²) in [4.78, 5) is 12.0. The lowest BCUT2D eigenvalue weighted by molar-refractivity contribution is -0.123. The van der Waals surface area contributed by atoms with Crippen LogP contribution in [0, 0.1) is 5.92 Å². The maximum absolute atomic E-state index is 12.0. The molecular weight excluding hydrogens is 228 g/mol. The Labute approximate surface area is 111 Å². The van der Waals surface area contributed by atoms with E-state index in [9.17, 15) is 4.79 Å². The summed E-state index contributed by atoms with van der Waals surface area (Å²) in [6, 6.07) is -0.0103. The van der Waals surface area contributed by atoms with E-state index in [1.54, 1.807) is 0 Å². The lowest BCUT2D eigenvalue weighted by Gasteiger charge is -2.19. The van der Waals surface area contributed by atoms with E-state index in [1.807, 2.05) is 0 Å². The van der Waals surface area contributed by atoms with E-state index < -0.39 is 0 Å². The maximum atomic E-state index is 12.0. The van der Waals surface area contributed by atoms with Crippen LogP contribution >= 0.6 is 0 Å². The molecule has 0 aromatic carbocycles. The molecule has 1 saturated heterocycles. The molecule has 0 aromatic heterocycles. The van der Waals surface area contributed by atoms with Crippen LogP contribution in [0.15, 0.2) is 0 Å². The number of nitrogens with one attached hydrogen (secondary N) is 2. The number of aliphatic hydroxyl groups is 1. The zero-order valence-electron chi connectivity index (χ0n) is 11.6. The summed E-state index contributed by atoms with van der Waals surface area (Å²) in [5.41, 5.74) is 0. The largest absolute Gasteiger partial charge is 0.396 e. The molecule has 2 atom stereocenters. The van der Waals surface area contributed by atoms with Crippen molar-refractivity contribution in [3.63, 3.8) is 0 Å². The minimum atomic E-state index is -0.0103. The number of carbonyl (C=O) groups is 1. The van der Waals surface area contributed by atoms with Crippen molar-refractivity contribution in [2.24, 2.45) is 5.92 Å². The molecule has 1 fully saturated rings. The SMILES string of the molecule is CCCC(CCO)CNC(=O)C1CCCCCN1. The quantitative estimate of drug-likeness (QED) is 0.646. The summed E-state index contributed by atoms with van der Waals surface area (Å²) in [5, 5.41) is 15.3. The zero-order valence-corrected chi connectivity index (χ0v) is 11.6. The third-order valence-corrected chi connectivity index (χ3v) is 3.68. The predicted molar refractivity (Wildman–Crippen MR) is 73.4 cm³/mol. The van der Waals surface area contributed by atoms with Crippen molar-refractivity contribution in [2.75, 3.05) is 19.7 Å². The highest BCUT2D eigenvalue weighted by atomic mass is 16.3. The van der Waals surface area contributed by atoms with Gasteiger partial charge in [0.05, 0.1) is 6.04 Å². The van der Waals surface area contributed by atoms with E-state index in [4.69, 9.17) is 5.11 Å². The first-order chi connectivity index (χ1) is 8.77. The number of carbonyl (C=O) groups excluding carboxylic acids is 1. The number of aliphatic hydroxyl groups excluding tert-OH is 1. The van der Waals surface area contributed by atoms with Crippen LogP contribution in [0.25, 0.3) is 0 Å². The molecule has 1 aliphatic heterocycles. The summed E-state index contributed by atoms with van der Waals surface area (Å²) in [7, 11) is 0. The van der Waals surface area contributed by atoms with Crippen molar-refractivity contribution in [1.82, 2.24) is 10.6 Å². The molecule has 1 amide bonds. The minimum absolute atomic E-state index is 0.0103. The van der Waals surface area contributed by atoms with E-state index in [0.717, 1.165) is 38.6 Å². The van der Waals surface area contributed by atoms with E-state index >= 15 is 0 Å². The van der Waals surface area contributed by atoms with Crippen molar-refractivity contribution in [3.8, 4) is 0 Å². The van der Waals surface area contributed by atoms with Crippen molar-refractivity contribution >= 4 is 5.91 Å². The van der Waals surface area contributed by atoms with Gasteiger partial charge in [-0.15, -0.1) is 0 Å². The highest BCUT2D eigenvalue weighted by molar-refractivity contribution is 5.81. The first-order valence-electron chi connectivity index (χ1n) is 7.39. The predicted octanol–water partition coefficient (Wildman–Crippen LogP) is 1.43. The van der Waals surface area contributed by atoms with Gasteiger partial charge in [-0.2, -0.15) is 0 Å². The lowest BCUT2D eigenvalue weighted by atomic mass is 10.00. The normalized spacial score (nSPS) is 22.2. The molecule has 106 valence electrons. The van der Waals surface area contributed by atoms with Crippen LogP contribution in [-0.2, 0) is 4.79 Å². The van der Waals surface area contributed by atoms with Gasteiger partial charge >= 0.3 is 0 Å². The van der Waals surface area contributed by atoms with Gasteiger partial charge in [0.2, 0.25) is 5.91 Å². The van der Waals surface area contributed by atoms with Gasteiger partial charge in [-0.1, -0.05) is 26.2 Å². The molecule has 4 nitrogen and oxygen atoms in total. The van der Waals surface area contributed by atoms with Gasteiger partial charge in [0.25, 0.3) is 0 Å². The van der Waals surface area contributed by atoms with Gasteiger partial charge in [-0.25, -0.2) is 0 Å². The van der Waals surface area contributed by atoms with Gasteiger partial charge < -0.3 is 15.7 Å². The standard InChI is InChI=1S/C14H28N2O2/c1-2-6-12(8-10-17)11-16-14(18)13-7-4-3-5-9-15-13/h12-13,15,17H,2-11H2,1H3,(H,16,18). The molecule has 1 aliphatic rings. The summed E-state index contributed by atoms with van der Waals surface area (Å²) in [6.45, 7) is 4.00. The van der Waals surface area contributed by atoms with Gasteiger partial charge in [-0.3, -0.25) is 4.79 Å². The molecule has 0 bridgehead atoms. The van der Waals surface area contributed by atoms with E-state index in [-0.39, 0.29) is 18.6 Å². The zero-order chi connectivity index (χ0) is 13.2. The smallest absolute Gasteiger partial charge is 0.237 e. The number of rotatable bonds is 7. The van der Waals surface area contributed by atoms with E-state index in [0.29, 0.717) is 12.5 Å². The van der Waals surface area contributed by atoms with Gasteiger partial charge in [-0.05, 0) is 38.1 Å². The Morgan fingerprint density at radius 1 is 1.39 bits per heavy atom. The number of hydrogen-bond donors (Lipinski definition) is 3. The van der Waals surface area contributed by atoms with Crippen LogP contribution in [0.5, 0.6) is 0 Å². The van der Waals surface area contributed by atoms with Crippen molar-refractivity contribution < 1.29 is 9.90 Å². The molecule has 1 rings (SSSR count). The van der Waals surface area contributed by atoms with Gasteiger partial charge in [0, 0.05) is 13.2 Å². The fourth-order valence-corrected chi connectivity index (χ4v) is 2.56. The van der Waals surface area contributed by atoms with Gasteiger partial charge in [0.15, 0.2) is 0 Å². The van der Waals surface area contributed by atoms with E-state index in [1.165, 1.54) is 12.8 Å². The fraction of sp³-hybridized carbons (Fsp3) is 0.929. The second-order valence-corrected chi connectivity index (χ2v) is 5.27. The van der Waals surface area contributed by atoms with Crippen LogP contribution in [0.4, 0.5) is 0 Å². The molecule has 0 aliphatic carbocycles. The Hall–Kier alpha value is -0.610. The molecule has 1 heterocycles. The monoisotopic (exact) mass is 256 g/mol. The summed E-state index contributed by atoms with van der Waals surface area (Å²) in [5.74, 6) is 0.547. The van der Waals surface area contributed by atoms with Gasteiger partial charge in [0.1, 0.15) is 0 Å². The highest BCUT2D eigenvalue weighted by Crippen LogP contribution is 2.11. The average Bonchev–Trinajstić information content (AvgIpc) is 2.65. The summed E-state index contributed by atoms with van der Waals surface area (Å²) in [6.07, 6.45) is 7.43. The molecular formula is C14H28N2O2. The fourth-order valence-electron chi connectivity index (χ4n) is 2.56.